The molecule has 0 bridgehead atoms. The van der Waals surface area contributed by atoms with Crippen LogP contribution in [0.4, 0.5) is 4.79 Å². The number of nitrogens with two attached hydrogens (primary N) is 1. The molecule has 0 unspecified atom stereocenters. The first-order chi connectivity index (χ1) is 14.1. The van der Waals surface area contributed by atoms with Gasteiger partial charge in [-0.15, -0.1) is 11.3 Å². The van der Waals surface area contributed by atoms with E-state index < -0.39 is 12.1 Å². The minimum absolute atomic E-state index is 0.0541. The van der Waals surface area contributed by atoms with Crippen LogP contribution in [0.5, 0.6) is 0 Å². The number of amides is 3. The van der Waals surface area contributed by atoms with Crippen molar-refractivity contribution in [2.24, 2.45) is 0 Å². The first-order valence-corrected chi connectivity index (χ1v) is 10.5. The number of imide groups is 1. The summed E-state index contributed by atoms with van der Waals surface area (Å²) in [6.45, 7) is 2.13. The van der Waals surface area contributed by atoms with Gasteiger partial charge >= 0.3 is 6.03 Å². The van der Waals surface area contributed by atoms with E-state index >= 15 is 0 Å². The summed E-state index contributed by atoms with van der Waals surface area (Å²) in [5.74, 6) is -0.345. The summed E-state index contributed by atoms with van der Waals surface area (Å²) in [5, 5.41) is 8.94. The summed E-state index contributed by atoms with van der Waals surface area (Å²) in [4.78, 5) is 25.9. The lowest BCUT2D eigenvalue weighted by molar-refractivity contribution is -0.713. The monoisotopic (exact) mass is 408 g/mol. The zero-order chi connectivity index (χ0) is 20.6. The molecule has 4 N–H and O–H groups in total. The highest BCUT2D eigenvalue weighted by Crippen LogP contribution is 2.25. The Morgan fingerprint density at radius 3 is 2.28 bits per heavy atom. The Balaban J connectivity index is 1.96. The van der Waals surface area contributed by atoms with Crippen LogP contribution in [-0.4, -0.2) is 19.0 Å². The number of aryl methyl sites for hydroxylation is 1. The summed E-state index contributed by atoms with van der Waals surface area (Å²) >= 11 is 1.66. The van der Waals surface area contributed by atoms with E-state index in [9.17, 15) is 9.59 Å². The second kappa shape index (κ2) is 10.0. The van der Waals surface area contributed by atoms with E-state index in [1.54, 1.807) is 11.3 Å². The maximum absolute atomic E-state index is 13.0. The van der Waals surface area contributed by atoms with Crippen LogP contribution in [0.25, 0.3) is 0 Å². The number of urea groups is 1. The van der Waals surface area contributed by atoms with Crippen molar-refractivity contribution in [3.05, 3.63) is 93.7 Å². The van der Waals surface area contributed by atoms with E-state index in [-0.39, 0.29) is 11.9 Å². The number of rotatable bonds is 7. The molecule has 3 rings (SSSR count). The van der Waals surface area contributed by atoms with Gasteiger partial charge in [-0.05, 0) is 23.4 Å². The Morgan fingerprint density at radius 2 is 1.69 bits per heavy atom. The number of quaternary nitrogens is 1. The van der Waals surface area contributed by atoms with Gasteiger partial charge in [0.15, 0.2) is 6.04 Å². The minimum atomic E-state index is -0.563. The Kier molecular flexibility index (Phi) is 7.16. The van der Waals surface area contributed by atoms with Crippen LogP contribution >= 0.6 is 11.3 Å². The number of thiophene rings is 1. The molecule has 6 heteroatoms. The van der Waals surface area contributed by atoms with Gasteiger partial charge in [0.05, 0.1) is 4.88 Å². The van der Waals surface area contributed by atoms with Crippen LogP contribution in [-0.2, 0) is 11.2 Å². The van der Waals surface area contributed by atoms with Gasteiger partial charge in [-0.25, -0.2) is 4.79 Å². The Bertz CT molecular complexity index is 925. The summed E-state index contributed by atoms with van der Waals surface area (Å²) < 4.78 is 0. The fourth-order valence-corrected chi connectivity index (χ4v) is 4.09. The highest BCUT2D eigenvalue weighted by Gasteiger charge is 2.31. The van der Waals surface area contributed by atoms with Crippen LogP contribution in [0, 0.1) is 0 Å². The van der Waals surface area contributed by atoms with Crippen LogP contribution in [0.1, 0.15) is 40.6 Å². The Hall–Kier alpha value is -2.96. The molecule has 0 aliphatic carbocycles. The maximum atomic E-state index is 13.0. The average molecular weight is 409 g/mol. The second-order valence-electron chi connectivity index (χ2n) is 6.74. The molecule has 2 atom stereocenters. The molecule has 0 fully saturated rings. The normalized spacial score (nSPS) is 12.8. The first-order valence-electron chi connectivity index (χ1n) is 9.67. The van der Waals surface area contributed by atoms with Crippen molar-refractivity contribution in [1.82, 2.24) is 10.6 Å². The van der Waals surface area contributed by atoms with Crippen LogP contribution in [0.15, 0.2) is 72.1 Å². The van der Waals surface area contributed by atoms with E-state index in [4.69, 9.17) is 0 Å². The molecule has 3 aromatic rings. The van der Waals surface area contributed by atoms with E-state index in [0.29, 0.717) is 0 Å². The molecule has 2 aromatic carbocycles. The fraction of sp³-hybridized carbons (Fsp3) is 0.217. The lowest BCUT2D eigenvalue weighted by Crippen LogP contribution is -2.88. The third-order valence-electron chi connectivity index (χ3n) is 4.89. The van der Waals surface area contributed by atoms with Crippen molar-refractivity contribution in [3.8, 4) is 0 Å². The van der Waals surface area contributed by atoms with Crippen LogP contribution < -0.4 is 16.0 Å². The topological polar surface area (TPSA) is 74.8 Å². The first kappa shape index (κ1) is 20.8. The van der Waals surface area contributed by atoms with Gasteiger partial charge in [0.1, 0.15) is 6.04 Å². The van der Waals surface area contributed by atoms with Gasteiger partial charge in [-0.2, -0.15) is 0 Å². The summed E-state index contributed by atoms with van der Waals surface area (Å²) in [7, 11) is 1.49. The molecule has 29 heavy (non-hydrogen) atoms. The number of hydrogen-bond donors (Lipinski definition) is 3. The summed E-state index contributed by atoms with van der Waals surface area (Å²) in [6.07, 6.45) is 0.981. The molecule has 0 aliphatic rings. The highest BCUT2D eigenvalue weighted by molar-refractivity contribution is 7.10. The molecule has 0 saturated heterocycles. The summed E-state index contributed by atoms with van der Waals surface area (Å²) in [5.41, 5.74) is 3.25. The van der Waals surface area contributed by atoms with Crippen LogP contribution in [0.3, 0.4) is 0 Å². The number of nitrogens with one attached hydrogen (secondary N) is 2. The molecular weight excluding hydrogens is 382 g/mol. The predicted molar refractivity (Wildman–Crippen MR) is 116 cm³/mol. The van der Waals surface area contributed by atoms with Crippen molar-refractivity contribution >= 4 is 23.3 Å². The smallest absolute Gasteiger partial charge is 0.321 e. The zero-order valence-corrected chi connectivity index (χ0v) is 17.4. The lowest BCUT2D eigenvalue weighted by atomic mass is 9.99. The number of benzene rings is 2. The van der Waals surface area contributed by atoms with Crippen molar-refractivity contribution in [2.75, 3.05) is 7.05 Å². The predicted octanol–water partition coefficient (Wildman–Crippen LogP) is 3.16. The Morgan fingerprint density at radius 1 is 0.966 bits per heavy atom. The van der Waals surface area contributed by atoms with Gasteiger partial charge in [-0.1, -0.05) is 67.6 Å². The van der Waals surface area contributed by atoms with Crippen molar-refractivity contribution in [1.29, 1.82) is 0 Å². The molecule has 150 valence electrons. The fourth-order valence-electron chi connectivity index (χ4n) is 3.25. The number of carbonyl (C=O) groups excluding carboxylic acids is 2. The average Bonchev–Trinajstić information content (AvgIpc) is 3.29. The molecule has 0 spiro atoms. The quantitative estimate of drug-likeness (QED) is 0.562. The SMILES string of the molecule is CCc1ccc([C@H]([NH2+][C@@H](C(=O)NC(=O)NC)c2ccccc2)c2cccs2)cc1. The van der Waals surface area contributed by atoms with Gasteiger partial charge in [0.25, 0.3) is 5.91 Å². The van der Waals surface area contributed by atoms with Gasteiger partial charge in [-0.3, -0.25) is 10.1 Å². The molecule has 5 nitrogen and oxygen atoms in total. The van der Waals surface area contributed by atoms with Crippen LogP contribution in [0.2, 0.25) is 0 Å². The third-order valence-corrected chi connectivity index (χ3v) is 5.84. The van der Waals surface area contributed by atoms with Crippen molar-refractivity contribution in [2.45, 2.75) is 25.4 Å². The third kappa shape index (κ3) is 5.31. The van der Waals surface area contributed by atoms with Gasteiger partial charge < -0.3 is 10.6 Å². The maximum Gasteiger partial charge on any atom is 0.321 e. The van der Waals surface area contributed by atoms with E-state index in [1.807, 2.05) is 47.1 Å². The second-order valence-corrected chi connectivity index (χ2v) is 7.72. The molecule has 0 saturated carbocycles. The number of hydrogen-bond acceptors (Lipinski definition) is 3. The molecule has 1 heterocycles. The van der Waals surface area contributed by atoms with E-state index in [0.717, 1.165) is 22.4 Å². The Labute approximate surface area is 175 Å². The lowest BCUT2D eigenvalue weighted by Gasteiger charge is -2.22. The van der Waals surface area contributed by atoms with Gasteiger partial charge in [0, 0.05) is 18.2 Å². The molecule has 0 radical (unpaired) electrons. The van der Waals surface area contributed by atoms with Crippen molar-refractivity contribution in [3.63, 3.8) is 0 Å². The standard InChI is InChI=1S/C23H25N3O2S/c1-3-16-11-13-18(14-12-16)20(19-10-7-15-29-19)25-21(17-8-5-4-6-9-17)22(27)26-23(28)24-2/h4-15,20-21,25H,3H2,1-2H3,(H2,24,26,27,28)/p+1/t20-,21+/m0/s1. The van der Waals surface area contributed by atoms with Crippen molar-refractivity contribution < 1.29 is 14.9 Å². The van der Waals surface area contributed by atoms with E-state index in [1.165, 1.54) is 12.6 Å². The van der Waals surface area contributed by atoms with E-state index in [2.05, 4.69) is 47.9 Å². The van der Waals surface area contributed by atoms with Gasteiger partial charge in [0.2, 0.25) is 0 Å². The highest BCUT2D eigenvalue weighted by atomic mass is 32.1. The largest absolute Gasteiger partial charge is 0.341 e. The summed E-state index contributed by atoms with van der Waals surface area (Å²) in [6, 6.07) is 21.0. The zero-order valence-electron chi connectivity index (χ0n) is 16.6. The molecule has 3 amide bonds. The molecule has 0 aliphatic heterocycles. The molecular formula is C23H26N3O2S+. The number of carbonyl (C=O) groups is 2. The molecule has 1 aromatic heterocycles. The minimum Gasteiger partial charge on any atom is -0.341 e.